The molecular weight excluding hydrogens is 260 g/mol. The number of hydrogen-bond donors (Lipinski definition) is 1. The minimum absolute atomic E-state index is 0.546. The largest absolute Gasteiger partial charge is 0.383 e. The fourth-order valence-electron chi connectivity index (χ4n) is 4.10. The second-order valence-corrected chi connectivity index (χ2v) is 6.80. The van der Waals surface area contributed by atoms with Crippen molar-refractivity contribution in [1.82, 2.24) is 14.5 Å². The third kappa shape index (κ3) is 2.21. The molecule has 2 unspecified atom stereocenters. The topological polar surface area (TPSA) is 56.7 Å². The summed E-state index contributed by atoms with van der Waals surface area (Å²) in [5.74, 6) is 2.03. The quantitative estimate of drug-likeness (QED) is 0.907. The van der Waals surface area contributed by atoms with E-state index >= 15 is 0 Å². The maximum Gasteiger partial charge on any atom is 0.146 e. The Labute approximate surface area is 126 Å². The lowest BCUT2D eigenvalue weighted by Gasteiger charge is -2.36. The zero-order valence-electron chi connectivity index (χ0n) is 13.6. The van der Waals surface area contributed by atoms with Gasteiger partial charge in [-0.15, -0.1) is 0 Å². The molecule has 0 bridgehead atoms. The first-order valence-electron chi connectivity index (χ1n) is 8.10. The molecule has 2 aromatic rings. The second-order valence-electron chi connectivity index (χ2n) is 6.80. The second kappa shape index (κ2) is 5.32. The van der Waals surface area contributed by atoms with Crippen molar-refractivity contribution in [2.45, 2.75) is 59.4 Å². The van der Waals surface area contributed by atoms with E-state index in [-0.39, 0.29) is 0 Å². The molecule has 0 aromatic carbocycles. The third-order valence-electron chi connectivity index (χ3n) is 5.33. The number of aromatic nitrogens is 3. The Morgan fingerprint density at radius 1 is 1.19 bits per heavy atom. The first kappa shape index (κ1) is 14.4. The van der Waals surface area contributed by atoms with Gasteiger partial charge in [0.2, 0.25) is 0 Å². The maximum absolute atomic E-state index is 6.10. The molecule has 0 radical (unpaired) electrons. The van der Waals surface area contributed by atoms with Gasteiger partial charge in [0, 0.05) is 11.7 Å². The summed E-state index contributed by atoms with van der Waals surface area (Å²) < 4.78 is 2.45. The van der Waals surface area contributed by atoms with Gasteiger partial charge in [0.05, 0.1) is 5.39 Å². The van der Waals surface area contributed by atoms with Gasteiger partial charge in [0.15, 0.2) is 0 Å². The molecule has 1 saturated carbocycles. The molecule has 0 saturated heterocycles. The van der Waals surface area contributed by atoms with Gasteiger partial charge in [0.25, 0.3) is 0 Å². The summed E-state index contributed by atoms with van der Waals surface area (Å²) in [5, 5.41) is 1.04. The molecule has 0 amide bonds. The minimum Gasteiger partial charge on any atom is -0.383 e. The molecule has 1 fully saturated rings. The summed E-state index contributed by atoms with van der Waals surface area (Å²) in [7, 11) is 0. The van der Waals surface area contributed by atoms with Gasteiger partial charge in [-0.1, -0.05) is 26.7 Å². The number of nitrogens with zero attached hydrogens (tertiary/aromatic N) is 3. The van der Waals surface area contributed by atoms with Gasteiger partial charge < -0.3 is 10.3 Å². The highest BCUT2D eigenvalue weighted by Gasteiger charge is 2.31. The Bertz CT molecular complexity index is 656. The van der Waals surface area contributed by atoms with E-state index in [4.69, 9.17) is 5.73 Å². The van der Waals surface area contributed by atoms with Crippen LogP contribution in [0.25, 0.3) is 11.0 Å². The van der Waals surface area contributed by atoms with Crippen LogP contribution < -0.4 is 5.73 Å². The van der Waals surface area contributed by atoms with E-state index in [0.29, 0.717) is 17.8 Å². The maximum atomic E-state index is 6.10. The molecule has 2 aromatic heterocycles. The SMILES string of the molecule is Cc1c(C)n(C2CCCCC2C(C)C)c2ncnc(N)c12. The summed E-state index contributed by atoms with van der Waals surface area (Å²) in [4.78, 5) is 8.74. The summed E-state index contributed by atoms with van der Waals surface area (Å²) in [6.45, 7) is 9.03. The predicted molar refractivity (Wildman–Crippen MR) is 87.2 cm³/mol. The molecule has 4 nitrogen and oxygen atoms in total. The molecule has 2 heterocycles. The average Bonchev–Trinajstić information content (AvgIpc) is 2.72. The zero-order valence-corrected chi connectivity index (χ0v) is 13.6. The number of hydrogen-bond acceptors (Lipinski definition) is 3. The molecule has 21 heavy (non-hydrogen) atoms. The summed E-state index contributed by atoms with van der Waals surface area (Å²) in [5.41, 5.74) is 9.66. The minimum atomic E-state index is 0.546. The van der Waals surface area contributed by atoms with E-state index in [1.807, 2.05) is 0 Å². The van der Waals surface area contributed by atoms with Gasteiger partial charge in [0.1, 0.15) is 17.8 Å². The van der Waals surface area contributed by atoms with Crippen LogP contribution in [0.2, 0.25) is 0 Å². The van der Waals surface area contributed by atoms with Crippen LogP contribution in [-0.4, -0.2) is 14.5 Å². The summed E-state index contributed by atoms with van der Waals surface area (Å²) in [6.07, 6.45) is 6.83. The number of nitrogens with two attached hydrogens (primary N) is 1. The average molecular weight is 286 g/mol. The number of aryl methyl sites for hydroxylation is 1. The van der Waals surface area contributed by atoms with Crippen LogP contribution in [-0.2, 0) is 0 Å². The van der Waals surface area contributed by atoms with Gasteiger partial charge in [-0.2, -0.15) is 0 Å². The Balaban J connectivity index is 2.19. The Hall–Kier alpha value is -1.58. The third-order valence-corrected chi connectivity index (χ3v) is 5.33. The van der Waals surface area contributed by atoms with Crippen LogP contribution in [0.4, 0.5) is 5.82 Å². The molecule has 2 N–H and O–H groups in total. The molecule has 3 rings (SSSR count). The van der Waals surface area contributed by atoms with Crippen LogP contribution in [0.1, 0.15) is 56.8 Å². The number of nitrogen functional groups attached to an aromatic ring is 1. The van der Waals surface area contributed by atoms with Gasteiger partial charge in [-0.05, 0) is 44.1 Å². The fourth-order valence-corrected chi connectivity index (χ4v) is 4.10. The van der Waals surface area contributed by atoms with E-state index in [1.165, 1.54) is 36.9 Å². The van der Waals surface area contributed by atoms with Crippen molar-refractivity contribution < 1.29 is 0 Å². The van der Waals surface area contributed by atoms with Crippen molar-refractivity contribution in [2.75, 3.05) is 5.73 Å². The number of anilines is 1. The van der Waals surface area contributed by atoms with Crippen LogP contribution in [0.3, 0.4) is 0 Å². The highest BCUT2D eigenvalue weighted by atomic mass is 15.1. The van der Waals surface area contributed by atoms with Crippen LogP contribution in [0, 0.1) is 25.7 Å². The monoisotopic (exact) mass is 286 g/mol. The van der Waals surface area contributed by atoms with Crippen LogP contribution in [0.15, 0.2) is 6.33 Å². The first-order valence-corrected chi connectivity index (χ1v) is 8.10. The standard InChI is InChI=1S/C17H26N4/c1-10(2)13-7-5-6-8-14(13)21-12(4)11(3)15-16(18)19-9-20-17(15)21/h9-10,13-14H,5-8H2,1-4H3,(H2,18,19,20). The van der Waals surface area contributed by atoms with Crippen molar-refractivity contribution in [2.24, 2.45) is 11.8 Å². The van der Waals surface area contributed by atoms with Crippen LogP contribution in [0.5, 0.6) is 0 Å². The van der Waals surface area contributed by atoms with Crippen molar-refractivity contribution in [1.29, 1.82) is 0 Å². The normalized spacial score (nSPS) is 23.1. The van der Waals surface area contributed by atoms with Gasteiger partial charge >= 0.3 is 0 Å². The van der Waals surface area contributed by atoms with Crippen molar-refractivity contribution >= 4 is 16.9 Å². The Morgan fingerprint density at radius 3 is 2.62 bits per heavy atom. The molecule has 4 heteroatoms. The molecular formula is C17H26N4. The van der Waals surface area contributed by atoms with E-state index in [2.05, 4.69) is 42.2 Å². The lowest BCUT2D eigenvalue weighted by Crippen LogP contribution is -2.28. The van der Waals surface area contributed by atoms with E-state index < -0.39 is 0 Å². The van der Waals surface area contributed by atoms with E-state index in [0.717, 1.165) is 17.0 Å². The number of fused-ring (bicyclic) bond motifs is 1. The lowest BCUT2D eigenvalue weighted by molar-refractivity contribution is 0.186. The predicted octanol–water partition coefficient (Wildman–Crippen LogP) is 4.02. The highest BCUT2D eigenvalue weighted by Crippen LogP contribution is 2.42. The highest BCUT2D eigenvalue weighted by molar-refractivity contribution is 5.90. The fraction of sp³-hybridized carbons (Fsp3) is 0.647. The lowest BCUT2D eigenvalue weighted by atomic mass is 9.77. The summed E-state index contributed by atoms with van der Waals surface area (Å²) >= 11 is 0. The molecule has 114 valence electrons. The van der Waals surface area contributed by atoms with Crippen LogP contribution >= 0.6 is 0 Å². The van der Waals surface area contributed by atoms with Crippen molar-refractivity contribution in [3.63, 3.8) is 0 Å². The molecule has 2 atom stereocenters. The van der Waals surface area contributed by atoms with Crippen molar-refractivity contribution in [3.8, 4) is 0 Å². The molecule has 0 spiro atoms. The zero-order chi connectivity index (χ0) is 15.1. The van der Waals surface area contributed by atoms with E-state index in [9.17, 15) is 0 Å². The molecule has 0 aliphatic heterocycles. The molecule has 1 aliphatic rings. The van der Waals surface area contributed by atoms with Gasteiger partial charge in [-0.25, -0.2) is 9.97 Å². The van der Waals surface area contributed by atoms with Crippen molar-refractivity contribution in [3.05, 3.63) is 17.6 Å². The van der Waals surface area contributed by atoms with E-state index in [1.54, 1.807) is 6.33 Å². The molecule has 1 aliphatic carbocycles. The Kier molecular flexibility index (Phi) is 3.64. The summed E-state index contributed by atoms with van der Waals surface area (Å²) in [6, 6.07) is 0.546. The Morgan fingerprint density at radius 2 is 1.90 bits per heavy atom. The number of rotatable bonds is 2. The smallest absolute Gasteiger partial charge is 0.146 e. The first-order chi connectivity index (χ1) is 10.0. The van der Waals surface area contributed by atoms with Gasteiger partial charge in [-0.3, -0.25) is 0 Å².